The zero-order valence-electron chi connectivity index (χ0n) is 10.9. The van der Waals surface area contributed by atoms with Crippen LogP contribution in [0.25, 0.3) is 0 Å². The number of halogens is 1. The largest absolute Gasteiger partial charge is 0.496 e. The second-order valence-corrected chi connectivity index (χ2v) is 3.96. The van der Waals surface area contributed by atoms with Gasteiger partial charge < -0.3 is 19.9 Å². The number of nitrogens with one attached hydrogen (secondary N) is 1. The van der Waals surface area contributed by atoms with Crippen molar-refractivity contribution in [2.45, 2.75) is 0 Å². The fourth-order valence-electron chi connectivity index (χ4n) is 1.13. The molecule has 1 aromatic rings. The van der Waals surface area contributed by atoms with E-state index < -0.39 is 5.97 Å². The Bertz CT molecular complexity index is 436. The number of aliphatic hydroxyl groups is 1. The maximum absolute atomic E-state index is 11.7. The molecule has 2 N–H and O–H groups in total. The molecule has 1 amide bonds. The Labute approximate surface area is 119 Å². The third-order valence-electron chi connectivity index (χ3n) is 2.03. The molecule has 0 saturated carbocycles. The first-order valence-electron chi connectivity index (χ1n) is 5.21. The normalized spacial score (nSPS) is 8.89. The van der Waals surface area contributed by atoms with Gasteiger partial charge >= 0.3 is 5.97 Å². The summed E-state index contributed by atoms with van der Waals surface area (Å²) in [6, 6.07) is 4.90. The van der Waals surface area contributed by atoms with E-state index in [0.29, 0.717) is 11.3 Å². The number of esters is 1. The third kappa shape index (κ3) is 5.71. The molecule has 0 aliphatic carbocycles. The Morgan fingerprint density at radius 2 is 1.95 bits per heavy atom. The number of hydrogen-bond donors (Lipinski definition) is 2. The number of carbonyl (C=O) groups is 2. The highest BCUT2D eigenvalue weighted by molar-refractivity contribution is 9.10. The van der Waals surface area contributed by atoms with Crippen LogP contribution >= 0.6 is 15.9 Å². The predicted molar refractivity (Wildman–Crippen MR) is 73.2 cm³/mol. The van der Waals surface area contributed by atoms with Crippen molar-refractivity contribution >= 4 is 27.8 Å². The summed E-state index contributed by atoms with van der Waals surface area (Å²) in [5.74, 6) is -0.306. The van der Waals surface area contributed by atoms with E-state index in [0.717, 1.165) is 11.6 Å². The molecule has 0 bridgehead atoms. The number of amides is 1. The van der Waals surface area contributed by atoms with E-state index in [9.17, 15) is 9.59 Å². The van der Waals surface area contributed by atoms with Gasteiger partial charge in [0.25, 0.3) is 5.91 Å². The molecule has 0 fully saturated rings. The average molecular weight is 334 g/mol. The second kappa shape index (κ2) is 9.35. The van der Waals surface area contributed by atoms with Crippen LogP contribution in [0.15, 0.2) is 22.7 Å². The maximum Gasteiger partial charge on any atom is 0.325 e. The van der Waals surface area contributed by atoms with Crippen LogP contribution in [0.4, 0.5) is 0 Å². The minimum Gasteiger partial charge on any atom is -0.496 e. The van der Waals surface area contributed by atoms with Crippen molar-refractivity contribution in [1.29, 1.82) is 0 Å². The fourth-order valence-corrected chi connectivity index (χ4v) is 1.54. The lowest BCUT2D eigenvalue weighted by molar-refractivity contribution is -0.139. The lowest BCUT2D eigenvalue weighted by Crippen LogP contribution is -2.30. The van der Waals surface area contributed by atoms with Crippen molar-refractivity contribution in [2.24, 2.45) is 0 Å². The molecule has 0 aliphatic heterocycles. The first-order chi connectivity index (χ1) is 9.08. The molecule has 0 spiro atoms. The summed E-state index contributed by atoms with van der Waals surface area (Å²) in [7, 11) is 3.77. The van der Waals surface area contributed by atoms with Crippen molar-refractivity contribution in [2.75, 3.05) is 27.9 Å². The van der Waals surface area contributed by atoms with Crippen LogP contribution in [-0.2, 0) is 9.53 Å². The van der Waals surface area contributed by atoms with Gasteiger partial charge in [0, 0.05) is 12.7 Å². The lowest BCUT2D eigenvalue weighted by atomic mass is 10.2. The van der Waals surface area contributed by atoms with Gasteiger partial charge in [0.15, 0.2) is 0 Å². The summed E-state index contributed by atoms with van der Waals surface area (Å²) in [6.45, 7) is -0.159. The number of benzene rings is 1. The third-order valence-corrected chi connectivity index (χ3v) is 2.69. The van der Waals surface area contributed by atoms with E-state index in [1.165, 1.54) is 14.2 Å². The van der Waals surface area contributed by atoms with Gasteiger partial charge in [-0.25, -0.2) is 0 Å². The Morgan fingerprint density at radius 1 is 1.32 bits per heavy atom. The summed E-state index contributed by atoms with van der Waals surface area (Å²) < 4.78 is 10.2. The molecule has 0 unspecified atom stereocenters. The molecular formula is C12H16BrNO5. The molecule has 0 aromatic heterocycles. The molecular weight excluding hydrogens is 318 g/mol. The molecule has 106 valence electrons. The van der Waals surface area contributed by atoms with Crippen molar-refractivity contribution in [3.05, 3.63) is 28.2 Å². The highest BCUT2D eigenvalue weighted by atomic mass is 79.9. The number of rotatable bonds is 4. The van der Waals surface area contributed by atoms with Gasteiger partial charge in [-0.2, -0.15) is 0 Å². The zero-order valence-corrected chi connectivity index (χ0v) is 12.5. The first kappa shape index (κ1) is 17.4. The Balaban J connectivity index is 0.00000154. The van der Waals surface area contributed by atoms with Crippen LogP contribution in [0.5, 0.6) is 5.75 Å². The highest BCUT2D eigenvalue weighted by Crippen LogP contribution is 2.25. The van der Waals surface area contributed by atoms with Crippen LogP contribution in [0, 0.1) is 0 Å². The number of aliphatic hydroxyl groups excluding tert-OH is 1. The number of methoxy groups -OCH3 is 2. The van der Waals surface area contributed by atoms with Crippen molar-refractivity contribution in [3.8, 4) is 5.75 Å². The summed E-state index contributed by atoms with van der Waals surface area (Å²) >= 11 is 3.28. The van der Waals surface area contributed by atoms with Crippen LogP contribution in [-0.4, -0.2) is 44.9 Å². The summed E-state index contributed by atoms with van der Waals surface area (Å²) in [6.07, 6.45) is 0. The topological polar surface area (TPSA) is 84.9 Å². The average Bonchev–Trinajstić information content (AvgIpc) is 2.46. The fraction of sp³-hybridized carbons (Fsp3) is 0.333. The van der Waals surface area contributed by atoms with E-state index in [-0.39, 0.29) is 12.5 Å². The minimum atomic E-state index is -0.498. The molecule has 0 heterocycles. The smallest absolute Gasteiger partial charge is 0.325 e. The quantitative estimate of drug-likeness (QED) is 0.802. The minimum absolute atomic E-state index is 0.159. The zero-order chi connectivity index (χ0) is 14.8. The van der Waals surface area contributed by atoms with Gasteiger partial charge in [0.1, 0.15) is 12.3 Å². The van der Waals surface area contributed by atoms with Crippen LogP contribution in [0.3, 0.4) is 0 Å². The standard InChI is InChI=1S/C11H12BrNO4.CH4O/c1-16-9-5-7(3-4-8(9)12)11(15)13-6-10(14)17-2;1-2/h3-5H,6H2,1-2H3,(H,13,15);2H,1H3. The number of ether oxygens (including phenoxy) is 2. The van der Waals surface area contributed by atoms with Gasteiger partial charge in [0.05, 0.1) is 18.7 Å². The molecule has 0 atom stereocenters. The number of carbonyl (C=O) groups excluding carboxylic acids is 2. The first-order valence-corrected chi connectivity index (χ1v) is 6.01. The predicted octanol–water partition coefficient (Wildman–Crippen LogP) is 0.969. The number of hydrogen-bond acceptors (Lipinski definition) is 5. The van der Waals surface area contributed by atoms with Crippen LogP contribution < -0.4 is 10.1 Å². The maximum atomic E-state index is 11.7. The van der Waals surface area contributed by atoms with Crippen molar-refractivity contribution < 1.29 is 24.2 Å². The molecule has 6 nitrogen and oxygen atoms in total. The molecule has 0 radical (unpaired) electrons. The molecule has 0 saturated heterocycles. The van der Waals surface area contributed by atoms with Gasteiger partial charge in [-0.15, -0.1) is 0 Å². The highest BCUT2D eigenvalue weighted by Gasteiger charge is 2.10. The SMILES string of the molecule is CO.COC(=O)CNC(=O)c1ccc(Br)c(OC)c1. The summed E-state index contributed by atoms with van der Waals surface area (Å²) in [5, 5.41) is 9.44. The van der Waals surface area contributed by atoms with E-state index in [2.05, 4.69) is 26.0 Å². The molecule has 1 aromatic carbocycles. The molecule has 19 heavy (non-hydrogen) atoms. The molecule has 7 heteroatoms. The monoisotopic (exact) mass is 333 g/mol. The van der Waals surface area contributed by atoms with E-state index in [1.54, 1.807) is 18.2 Å². The van der Waals surface area contributed by atoms with Crippen molar-refractivity contribution in [3.63, 3.8) is 0 Å². The van der Waals surface area contributed by atoms with Gasteiger partial charge in [-0.05, 0) is 34.1 Å². The summed E-state index contributed by atoms with van der Waals surface area (Å²) in [4.78, 5) is 22.5. The Morgan fingerprint density at radius 3 is 2.47 bits per heavy atom. The van der Waals surface area contributed by atoms with E-state index in [4.69, 9.17) is 9.84 Å². The Hall–Kier alpha value is -1.60. The molecule has 0 aliphatic rings. The lowest BCUT2D eigenvalue weighted by Gasteiger charge is -2.07. The second-order valence-electron chi connectivity index (χ2n) is 3.11. The summed E-state index contributed by atoms with van der Waals surface area (Å²) in [5.41, 5.74) is 0.411. The van der Waals surface area contributed by atoms with Crippen molar-refractivity contribution in [1.82, 2.24) is 5.32 Å². The van der Waals surface area contributed by atoms with Gasteiger partial charge in [-0.3, -0.25) is 9.59 Å². The van der Waals surface area contributed by atoms with Crippen LogP contribution in [0.2, 0.25) is 0 Å². The van der Waals surface area contributed by atoms with Gasteiger partial charge in [-0.1, -0.05) is 0 Å². The molecule has 1 rings (SSSR count). The van der Waals surface area contributed by atoms with Crippen LogP contribution in [0.1, 0.15) is 10.4 Å². The van der Waals surface area contributed by atoms with E-state index >= 15 is 0 Å². The van der Waals surface area contributed by atoms with E-state index in [1.807, 2.05) is 0 Å². The Kier molecular flexibility index (Phi) is 8.56. The van der Waals surface area contributed by atoms with Gasteiger partial charge in [0.2, 0.25) is 0 Å².